The van der Waals surface area contributed by atoms with Gasteiger partial charge < -0.3 is 14.2 Å². The van der Waals surface area contributed by atoms with Crippen molar-refractivity contribution in [3.8, 4) is 0 Å². The Morgan fingerprint density at radius 2 is 0.346 bits per heavy atom. The Morgan fingerprint density at radius 1 is 0.205 bits per heavy atom. The fourth-order valence-corrected chi connectivity index (χ4v) is 11.5. The Bertz CT molecular complexity index is 1170. The standard InChI is InChI=1S/C72H140O6/c1-4-7-10-13-16-19-22-25-28-31-33-35-36-37-39-41-44-47-50-53-56-59-62-65-71(74)77-68-69(67-76-70(73)64-61-58-55-52-49-46-43-40-30-27-24-21-18-15-12-9-6-3)78-72(75)66-63-60-57-54-51-48-45-42-38-34-32-29-26-23-20-17-14-11-8-5-2/h69H,4-68H2,1-3H3. The van der Waals surface area contributed by atoms with Gasteiger partial charge in [0, 0.05) is 19.3 Å². The second-order valence-electron chi connectivity index (χ2n) is 24.9. The van der Waals surface area contributed by atoms with Gasteiger partial charge in [0.15, 0.2) is 6.10 Å². The molecule has 0 heterocycles. The van der Waals surface area contributed by atoms with E-state index in [2.05, 4.69) is 20.8 Å². The lowest BCUT2D eigenvalue weighted by atomic mass is 10.0. The van der Waals surface area contributed by atoms with Gasteiger partial charge in [0.25, 0.3) is 0 Å². The summed E-state index contributed by atoms with van der Waals surface area (Å²) in [4.78, 5) is 38.5. The minimum absolute atomic E-state index is 0.0599. The van der Waals surface area contributed by atoms with Crippen molar-refractivity contribution in [2.45, 2.75) is 431 Å². The predicted molar refractivity (Wildman–Crippen MR) is 340 cm³/mol. The summed E-state index contributed by atoms with van der Waals surface area (Å²) in [7, 11) is 0. The highest BCUT2D eigenvalue weighted by Gasteiger charge is 2.20. The lowest BCUT2D eigenvalue weighted by molar-refractivity contribution is -0.167. The molecule has 0 saturated carbocycles. The topological polar surface area (TPSA) is 78.9 Å². The summed E-state index contributed by atoms with van der Waals surface area (Å²) in [6.45, 7) is 6.75. The molecule has 0 aliphatic carbocycles. The van der Waals surface area contributed by atoms with E-state index >= 15 is 0 Å². The molecule has 0 spiro atoms. The van der Waals surface area contributed by atoms with E-state index in [0.717, 1.165) is 57.8 Å². The molecule has 0 radical (unpaired) electrons. The van der Waals surface area contributed by atoms with E-state index in [9.17, 15) is 14.4 Å². The summed E-state index contributed by atoms with van der Waals surface area (Å²) in [5.74, 6) is -0.816. The molecule has 0 aromatic carbocycles. The van der Waals surface area contributed by atoms with Crippen LogP contribution in [0.3, 0.4) is 0 Å². The zero-order chi connectivity index (χ0) is 56.4. The van der Waals surface area contributed by atoms with Crippen molar-refractivity contribution in [3.05, 3.63) is 0 Å². The summed E-state index contributed by atoms with van der Waals surface area (Å²) < 4.78 is 17.0. The lowest BCUT2D eigenvalue weighted by Crippen LogP contribution is -2.30. The molecule has 78 heavy (non-hydrogen) atoms. The molecule has 0 rings (SSSR count). The molecule has 0 aliphatic rings. The molecule has 0 bridgehead atoms. The largest absolute Gasteiger partial charge is 0.462 e. The first-order valence-electron chi connectivity index (χ1n) is 36.0. The van der Waals surface area contributed by atoms with E-state index < -0.39 is 6.10 Å². The second kappa shape index (κ2) is 67.9. The van der Waals surface area contributed by atoms with Crippen LogP contribution in [0.15, 0.2) is 0 Å². The van der Waals surface area contributed by atoms with Gasteiger partial charge in [0.05, 0.1) is 0 Å². The monoisotopic (exact) mass is 1100 g/mol. The predicted octanol–water partition coefficient (Wildman–Crippen LogP) is 24.6. The highest BCUT2D eigenvalue weighted by Crippen LogP contribution is 2.20. The number of unbranched alkanes of at least 4 members (excludes halogenated alkanes) is 57. The van der Waals surface area contributed by atoms with Gasteiger partial charge in [-0.25, -0.2) is 0 Å². The zero-order valence-corrected chi connectivity index (χ0v) is 53.5. The van der Waals surface area contributed by atoms with Crippen molar-refractivity contribution < 1.29 is 28.6 Å². The summed E-state index contributed by atoms with van der Waals surface area (Å²) in [5.41, 5.74) is 0. The third kappa shape index (κ3) is 65.2. The molecular formula is C72H140O6. The van der Waals surface area contributed by atoms with Crippen LogP contribution in [-0.2, 0) is 28.6 Å². The van der Waals surface area contributed by atoms with Crippen LogP contribution in [0.25, 0.3) is 0 Å². The highest BCUT2D eigenvalue weighted by molar-refractivity contribution is 5.71. The first kappa shape index (κ1) is 76.4. The van der Waals surface area contributed by atoms with Crippen LogP contribution in [0.1, 0.15) is 425 Å². The Labute approximate surface area is 488 Å². The maximum Gasteiger partial charge on any atom is 0.306 e. The minimum atomic E-state index is -0.763. The van der Waals surface area contributed by atoms with Crippen LogP contribution in [0.2, 0.25) is 0 Å². The molecular weight excluding hydrogens is 961 g/mol. The Balaban J connectivity index is 4.25. The van der Waals surface area contributed by atoms with E-state index in [4.69, 9.17) is 14.2 Å². The van der Waals surface area contributed by atoms with Crippen LogP contribution < -0.4 is 0 Å². The summed E-state index contributed by atoms with van der Waals surface area (Å²) >= 11 is 0. The molecule has 0 saturated heterocycles. The van der Waals surface area contributed by atoms with Crippen molar-refractivity contribution in [1.82, 2.24) is 0 Å². The van der Waals surface area contributed by atoms with Gasteiger partial charge >= 0.3 is 17.9 Å². The number of carbonyl (C=O) groups excluding carboxylic acids is 3. The first-order valence-corrected chi connectivity index (χ1v) is 36.0. The van der Waals surface area contributed by atoms with Crippen molar-refractivity contribution in [3.63, 3.8) is 0 Å². The van der Waals surface area contributed by atoms with Crippen molar-refractivity contribution in [2.75, 3.05) is 13.2 Å². The lowest BCUT2D eigenvalue weighted by Gasteiger charge is -2.18. The number of rotatable bonds is 68. The van der Waals surface area contributed by atoms with Crippen molar-refractivity contribution in [1.29, 1.82) is 0 Å². The number of carbonyl (C=O) groups is 3. The van der Waals surface area contributed by atoms with E-state index in [1.165, 1.54) is 327 Å². The molecule has 0 aromatic heterocycles. The average Bonchev–Trinajstić information content (AvgIpc) is 3.44. The third-order valence-electron chi connectivity index (χ3n) is 16.9. The van der Waals surface area contributed by atoms with Gasteiger partial charge in [0.1, 0.15) is 13.2 Å². The molecule has 0 N–H and O–H groups in total. The van der Waals surface area contributed by atoms with Gasteiger partial charge in [-0.2, -0.15) is 0 Å². The van der Waals surface area contributed by atoms with Crippen molar-refractivity contribution in [2.24, 2.45) is 0 Å². The normalized spacial score (nSPS) is 11.9. The number of hydrogen-bond acceptors (Lipinski definition) is 6. The minimum Gasteiger partial charge on any atom is -0.462 e. The fourth-order valence-electron chi connectivity index (χ4n) is 11.5. The van der Waals surface area contributed by atoms with Gasteiger partial charge in [-0.15, -0.1) is 0 Å². The quantitative estimate of drug-likeness (QED) is 0.0343. The van der Waals surface area contributed by atoms with Crippen LogP contribution >= 0.6 is 0 Å². The van der Waals surface area contributed by atoms with Crippen molar-refractivity contribution >= 4 is 17.9 Å². The van der Waals surface area contributed by atoms with Crippen LogP contribution in [0, 0.1) is 0 Å². The second-order valence-corrected chi connectivity index (χ2v) is 24.9. The third-order valence-corrected chi connectivity index (χ3v) is 16.9. The summed E-state index contributed by atoms with van der Waals surface area (Å²) in [6, 6.07) is 0. The number of hydrogen-bond donors (Lipinski definition) is 0. The van der Waals surface area contributed by atoms with Gasteiger partial charge in [-0.1, -0.05) is 387 Å². The van der Waals surface area contributed by atoms with E-state index in [1.54, 1.807) is 0 Å². The van der Waals surface area contributed by atoms with Crippen LogP contribution in [0.4, 0.5) is 0 Å². The summed E-state index contributed by atoms with van der Waals surface area (Å²) in [6.07, 6.45) is 79.9. The average molecular weight is 1100 g/mol. The fraction of sp³-hybridized carbons (Fsp3) is 0.958. The van der Waals surface area contributed by atoms with E-state index in [-0.39, 0.29) is 31.1 Å². The van der Waals surface area contributed by atoms with Gasteiger partial charge in [-0.05, 0) is 19.3 Å². The molecule has 464 valence electrons. The number of esters is 3. The first-order chi connectivity index (χ1) is 38.5. The SMILES string of the molecule is CCCCCCCCCCCCCCCCCCCCCCCCCC(=O)OCC(COC(=O)CCCCCCCCCCCCCCCCCCC)OC(=O)CCCCCCCCCCCCCCCCCCCCCC. The Kier molecular flexibility index (Phi) is 66.5. The molecule has 1 atom stereocenters. The molecule has 0 aromatic rings. The maximum absolute atomic E-state index is 13.0. The molecule has 0 fully saturated rings. The van der Waals surface area contributed by atoms with Gasteiger partial charge in [-0.3, -0.25) is 14.4 Å². The van der Waals surface area contributed by atoms with Crippen LogP contribution in [-0.4, -0.2) is 37.2 Å². The molecule has 0 amide bonds. The van der Waals surface area contributed by atoms with Crippen LogP contribution in [0.5, 0.6) is 0 Å². The summed E-state index contributed by atoms with van der Waals surface area (Å²) in [5, 5.41) is 0. The zero-order valence-electron chi connectivity index (χ0n) is 53.5. The molecule has 0 aliphatic heterocycles. The molecule has 1 unspecified atom stereocenters. The van der Waals surface area contributed by atoms with E-state index in [0.29, 0.717) is 19.3 Å². The maximum atomic E-state index is 13.0. The molecule has 6 heteroatoms. The highest BCUT2D eigenvalue weighted by atomic mass is 16.6. The smallest absolute Gasteiger partial charge is 0.306 e. The van der Waals surface area contributed by atoms with E-state index in [1.807, 2.05) is 0 Å². The van der Waals surface area contributed by atoms with Gasteiger partial charge in [0.2, 0.25) is 0 Å². The Morgan fingerprint density at radius 3 is 0.513 bits per heavy atom. The number of ether oxygens (including phenoxy) is 3. The molecule has 6 nitrogen and oxygen atoms in total. The Hall–Kier alpha value is -1.59.